The van der Waals surface area contributed by atoms with E-state index in [0.717, 1.165) is 19.5 Å². The van der Waals surface area contributed by atoms with Crippen LogP contribution in [0.3, 0.4) is 0 Å². The number of hydrogen-bond acceptors (Lipinski definition) is 2. The van der Waals surface area contributed by atoms with E-state index in [1.807, 2.05) is 20.9 Å². The van der Waals surface area contributed by atoms with Crippen LogP contribution in [0.1, 0.15) is 20.3 Å². The summed E-state index contributed by atoms with van der Waals surface area (Å²) < 4.78 is 0. The third-order valence-electron chi connectivity index (χ3n) is 1.37. The molecule has 0 aliphatic carbocycles. The average Bonchev–Trinajstić information content (AvgIpc) is 2.20. The molecule has 2 nitrogen and oxygen atoms in total. The molecule has 0 aromatic rings. The fourth-order valence-electron chi connectivity index (χ4n) is 0.912. The summed E-state index contributed by atoms with van der Waals surface area (Å²) in [5, 5.41) is 8.86. The van der Waals surface area contributed by atoms with E-state index in [4.69, 9.17) is 5.11 Å². The smallest absolute Gasteiger partial charge is 0.0679 e. The van der Waals surface area contributed by atoms with E-state index in [1.165, 1.54) is 0 Å². The van der Waals surface area contributed by atoms with Crippen molar-refractivity contribution in [2.45, 2.75) is 26.4 Å². The lowest BCUT2D eigenvalue weighted by molar-refractivity contribution is 0.183. The van der Waals surface area contributed by atoms with Crippen LogP contribution in [0.4, 0.5) is 0 Å². The lowest BCUT2D eigenvalue weighted by Gasteiger charge is -2.02. The van der Waals surface area contributed by atoms with E-state index in [9.17, 15) is 0 Å². The van der Waals surface area contributed by atoms with Crippen molar-refractivity contribution in [2.24, 2.45) is 0 Å². The lowest BCUT2D eigenvalue weighted by Crippen LogP contribution is -2.15. The van der Waals surface area contributed by atoms with Crippen molar-refractivity contribution in [3.63, 3.8) is 0 Å². The van der Waals surface area contributed by atoms with Crippen LogP contribution in [0.15, 0.2) is 0 Å². The first-order valence-corrected chi connectivity index (χ1v) is 3.65. The van der Waals surface area contributed by atoms with Gasteiger partial charge in [-0.1, -0.05) is 13.8 Å². The Balaban J connectivity index is 0.000000291. The van der Waals surface area contributed by atoms with Crippen LogP contribution in [0.2, 0.25) is 0 Å². The highest BCUT2D eigenvalue weighted by Gasteiger charge is 2.14. The molecule has 0 amide bonds. The largest absolute Gasteiger partial charge is 0.392 e. The Morgan fingerprint density at radius 2 is 2.00 bits per heavy atom. The molecule has 9 heavy (non-hydrogen) atoms. The summed E-state index contributed by atoms with van der Waals surface area (Å²) in [6.45, 7) is 5.92. The monoisotopic (exact) mass is 131 g/mol. The topological polar surface area (TPSA) is 23.5 Å². The van der Waals surface area contributed by atoms with Crippen molar-refractivity contribution in [3.05, 3.63) is 0 Å². The molecule has 0 radical (unpaired) electrons. The standard InChI is InChI=1S/C5H11NO.C2H6/c1-6-3-2-5(7)4-6;1-2/h5,7H,2-4H2,1H3;1-2H3/t5-;/m0./s1. The highest BCUT2D eigenvalue weighted by Crippen LogP contribution is 2.03. The molecule has 1 aliphatic rings. The van der Waals surface area contributed by atoms with Crippen LogP contribution in [-0.2, 0) is 0 Å². The van der Waals surface area contributed by atoms with E-state index in [-0.39, 0.29) is 6.10 Å². The molecule has 1 fully saturated rings. The summed E-state index contributed by atoms with van der Waals surface area (Å²) in [5.74, 6) is 0. The van der Waals surface area contributed by atoms with Gasteiger partial charge in [-0.25, -0.2) is 0 Å². The van der Waals surface area contributed by atoms with Crippen LogP contribution in [0.25, 0.3) is 0 Å². The number of aliphatic hydroxyl groups excluding tert-OH is 1. The van der Waals surface area contributed by atoms with Crippen molar-refractivity contribution in [2.75, 3.05) is 20.1 Å². The minimum atomic E-state index is -0.0509. The quantitative estimate of drug-likeness (QED) is 0.523. The number of nitrogens with zero attached hydrogens (tertiary/aromatic N) is 1. The summed E-state index contributed by atoms with van der Waals surface area (Å²) >= 11 is 0. The van der Waals surface area contributed by atoms with Crippen LogP contribution in [0, 0.1) is 0 Å². The number of likely N-dealkylation sites (tertiary alicyclic amines) is 1. The van der Waals surface area contributed by atoms with Crippen molar-refractivity contribution in [1.82, 2.24) is 4.90 Å². The summed E-state index contributed by atoms with van der Waals surface area (Å²) in [6, 6.07) is 0. The molecular formula is C7H17NO. The highest BCUT2D eigenvalue weighted by molar-refractivity contribution is 4.70. The second-order valence-electron chi connectivity index (χ2n) is 2.20. The number of rotatable bonds is 0. The zero-order chi connectivity index (χ0) is 7.28. The van der Waals surface area contributed by atoms with Gasteiger partial charge < -0.3 is 10.0 Å². The van der Waals surface area contributed by atoms with Gasteiger partial charge in [0.15, 0.2) is 0 Å². The fourth-order valence-corrected chi connectivity index (χ4v) is 0.912. The van der Waals surface area contributed by atoms with Crippen molar-refractivity contribution in [3.8, 4) is 0 Å². The average molecular weight is 131 g/mol. The molecular weight excluding hydrogens is 114 g/mol. The predicted molar refractivity (Wildman–Crippen MR) is 39.5 cm³/mol. The van der Waals surface area contributed by atoms with Gasteiger partial charge in [-0.3, -0.25) is 0 Å². The summed E-state index contributed by atoms with van der Waals surface area (Å²) in [7, 11) is 2.02. The highest BCUT2D eigenvalue weighted by atomic mass is 16.3. The predicted octanol–water partition coefficient (Wildman–Crippen LogP) is 0.709. The Kier molecular flexibility index (Phi) is 4.72. The van der Waals surface area contributed by atoms with Gasteiger partial charge in [0.05, 0.1) is 6.10 Å². The molecule has 1 N–H and O–H groups in total. The molecule has 2 heteroatoms. The van der Waals surface area contributed by atoms with E-state index < -0.39 is 0 Å². The van der Waals surface area contributed by atoms with E-state index in [0.29, 0.717) is 0 Å². The first-order valence-electron chi connectivity index (χ1n) is 3.65. The number of likely N-dealkylation sites (N-methyl/N-ethyl adjacent to an activating group) is 1. The van der Waals surface area contributed by atoms with Gasteiger partial charge in [-0.15, -0.1) is 0 Å². The molecule has 0 saturated carbocycles. The maximum Gasteiger partial charge on any atom is 0.0679 e. The van der Waals surface area contributed by atoms with Crippen LogP contribution >= 0.6 is 0 Å². The maximum absolute atomic E-state index is 8.86. The van der Waals surface area contributed by atoms with Crippen LogP contribution < -0.4 is 0 Å². The van der Waals surface area contributed by atoms with Crippen LogP contribution in [0.5, 0.6) is 0 Å². The van der Waals surface area contributed by atoms with Gasteiger partial charge in [0.1, 0.15) is 0 Å². The Bertz CT molecular complexity index is 57.9. The zero-order valence-corrected chi connectivity index (χ0v) is 6.59. The third kappa shape index (κ3) is 3.49. The fraction of sp³-hybridized carbons (Fsp3) is 1.00. The normalized spacial score (nSPS) is 27.3. The van der Waals surface area contributed by atoms with E-state index in [2.05, 4.69) is 4.90 Å². The van der Waals surface area contributed by atoms with Crippen molar-refractivity contribution < 1.29 is 5.11 Å². The van der Waals surface area contributed by atoms with Crippen LogP contribution in [-0.4, -0.2) is 36.2 Å². The Labute approximate surface area is 57.5 Å². The third-order valence-corrected chi connectivity index (χ3v) is 1.37. The van der Waals surface area contributed by atoms with Gasteiger partial charge in [-0.2, -0.15) is 0 Å². The van der Waals surface area contributed by atoms with Gasteiger partial charge in [0.25, 0.3) is 0 Å². The number of aliphatic hydroxyl groups is 1. The Morgan fingerprint density at radius 1 is 1.44 bits per heavy atom. The summed E-state index contributed by atoms with van der Waals surface area (Å²) in [6.07, 6.45) is 0.904. The minimum absolute atomic E-state index is 0.0509. The van der Waals surface area contributed by atoms with Crippen molar-refractivity contribution >= 4 is 0 Å². The second-order valence-corrected chi connectivity index (χ2v) is 2.20. The maximum atomic E-state index is 8.86. The molecule has 0 unspecified atom stereocenters. The molecule has 1 heterocycles. The zero-order valence-electron chi connectivity index (χ0n) is 6.59. The number of β-amino-alcohol motifs (C(OH)–C–C–N with tert-alkyl or cyclic N) is 1. The lowest BCUT2D eigenvalue weighted by atomic mass is 10.3. The van der Waals surface area contributed by atoms with E-state index in [1.54, 1.807) is 0 Å². The van der Waals surface area contributed by atoms with Gasteiger partial charge in [0.2, 0.25) is 0 Å². The SMILES string of the molecule is CC.CN1CC[C@H](O)C1. The molecule has 1 aliphatic heterocycles. The molecule has 56 valence electrons. The molecule has 0 aromatic heterocycles. The van der Waals surface area contributed by atoms with Gasteiger partial charge >= 0.3 is 0 Å². The first kappa shape index (κ1) is 8.92. The Morgan fingerprint density at radius 3 is 2.11 bits per heavy atom. The summed E-state index contributed by atoms with van der Waals surface area (Å²) in [4.78, 5) is 2.13. The summed E-state index contributed by atoms with van der Waals surface area (Å²) in [5.41, 5.74) is 0. The minimum Gasteiger partial charge on any atom is -0.392 e. The molecule has 1 saturated heterocycles. The van der Waals surface area contributed by atoms with Crippen molar-refractivity contribution in [1.29, 1.82) is 0 Å². The van der Waals surface area contributed by atoms with Gasteiger partial charge in [0, 0.05) is 13.1 Å². The molecule has 1 rings (SSSR count). The molecule has 0 spiro atoms. The van der Waals surface area contributed by atoms with E-state index >= 15 is 0 Å². The molecule has 0 aromatic carbocycles. The Hall–Kier alpha value is -0.0800. The molecule has 0 bridgehead atoms. The van der Waals surface area contributed by atoms with Gasteiger partial charge in [-0.05, 0) is 13.5 Å². The first-order chi connectivity index (χ1) is 4.29. The second kappa shape index (κ2) is 4.77. The molecule has 1 atom stereocenters. The number of hydrogen-bond donors (Lipinski definition) is 1.